The molecule has 0 aliphatic carbocycles. The fourth-order valence-corrected chi connectivity index (χ4v) is 1.71. The van der Waals surface area contributed by atoms with Gasteiger partial charge in [-0.3, -0.25) is 4.79 Å². The number of nitrogens with two attached hydrogens (primary N) is 1. The predicted molar refractivity (Wildman–Crippen MR) is 62.6 cm³/mol. The summed E-state index contributed by atoms with van der Waals surface area (Å²) in [4.78, 5) is 12.7. The molecule has 3 nitrogen and oxygen atoms in total. The van der Waals surface area contributed by atoms with Crippen molar-refractivity contribution in [2.75, 3.05) is 13.1 Å². The normalized spacial score (nSPS) is 10.8. The molecule has 92 valence electrons. The van der Waals surface area contributed by atoms with Gasteiger partial charge in [0.1, 0.15) is 0 Å². The molecule has 0 saturated heterocycles. The van der Waals surface area contributed by atoms with Crippen LogP contribution in [0.2, 0.25) is 0 Å². The Morgan fingerprint density at radius 3 is 2.62 bits per heavy atom. The number of amides is 1. The van der Waals surface area contributed by atoms with Crippen LogP contribution in [-0.2, 0) is 0 Å². The third-order valence-corrected chi connectivity index (χ3v) is 2.77. The number of rotatable bonds is 4. The van der Waals surface area contributed by atoms with E-state index < -0.39 is 24.9 Å². The fourth-order valence-electron chi connectivity index (χ4n) is 0.925. The summed E-state index contributed by atoms with van der Waals surface area (Å²) in [6.45, 7) is 0.353. The minimum absolute atomic E-state index is 0. The number of carbonyl (C=O) groups excluding carboxylic acids is 1. The van der Waals surface area contributed by atoms with Crippen molar-refractivity contribution in [3.63, 3.8) is 0 Å². The first-order valence-electron chi connectivity index (χ1n) is 4.37. The van der Waals surface area contributed by atoms with Crippen LogP contribution in [0.25, 0.3) is 0 Å². The van der Waals surface area contributed by atoms with Crippen LogP contribution in [0.5, 0.6) is 0 Å². The minimum Gasteiger partial charge on any atom is -0.345 e. The van der Waals surface area contributed by atoms with E-state index in [1.54, 1.807) is 12.1 Å². The van der Waals surface area contributed by atoms with Crippen molar-refractivity contribution in [3.8, 4) is 0 Å². The molecule has 3 N–H and O–H groups in total. The molecule has 0 radical (unpaired) electrons. The third kappa shape index (κ3) is 4.42. The summed E-state index contributed by atoms with van der Waals surface area (Å²) in [5, 5.41) is 2.14. The van der Waals surface area contributed by atoms with Gasteiger partial charge in [0.25, 0.3) is 11.8 Å². The Bertz CT molecular complexity index is 357. The molecule has 1 aromatic heterocycles. The van der Waals surface area contributed by atoms with Gasteiger partial charge >= 0.3 is 0 Å². The predicted octanol–water partition coefficient (Wildman–Crippen LogP) is 1.80. The van der Waals surface area contributed by atoms with Crippen molar-refractivity contribution < 1.29 is 13.6 Å². The van der Waals surface area contributed by atoms with E-state index in [-0.39, 0.29) is 12.4 Å². The number of hydrogen-bond donors (Lipinski definition) is 2. The van der Waals surface area contributed by atoms with E-state index in [2.05, 4.69) is 5.32 Å². The maximum atomic E-state index is 12.7. The summed E-state index contributed by atoms with van der Waals surface area (Å²) in [6.07, 6.45) is 0. The smallest absolute Gasteiger partial charge is 0.277 e. The molecule has 1 rings (SSSR count). The average Bonchev–Trinajstić information content (AvgIpc) is 2.61. The second-order valence-corrected chi connectivity index (χ2v) is 4.44. The maximum absolute atomic E-state index is 12.7. The van der Waals surface area contributed by atoms with Crippen molar-refractivity contribution in [3.05, 3.63) is 21.9 Å². The van der Waals surface area contributed by atoms with Gasteiger partial charge in [-0.2, -0.15) is 0 Å². The van der Waals surface area contributed by atoms with Gasteiger partial charge in [-0.05, 0) is 19.1 Å². The molecule has 0 aliphatic heterocycles. The standard InChI is InChI=1S/C9H12F2N2OS.ClH/c1-6-2-3-7(15-6)8(14)13-5-9(10,11)4-12;/h2-3H,4-5,12H2,1H3,(H,13,14);1H. The largest absolute Gasteiger partial charge is 0.345 e. The highest BCUT2D eigenvalue weighted by Gasteiger charge is 2.27. The molecular formula is C9H13ClF2N2OS. The second-order valence-electron chi connectivity index (χ2n) is 3.15. The van der Waals surface area contributed by atoms with Crippen molar-refractivity contribution in [2.45, 2.75) is 12.8 Å². The molecule has 1 heterocycles. The first-order valence-corrected chi connectivity index (χ1v) is 5.19. The third-order valence-electron chi connectivity index (χ3n) is 1.77. The van der Waals surface area contributed by atoms with Crippen LogP contribution in [-0.4, -0.2) is 24.9 Å². The van der Waals surface area contributed by atoms with Crippen LogP contribution in [0.1, 0.15) is 14.5 Å². The lowest BCUT2D eigenvalue weighted by Crippen LogP contribution is -2.41. The molecule has 0 fully saturated rings. The Balaban J connectivity index is 0.00000225. The molecule has 16 heavy (non-hydrogen) atoms. The molecule has 0 atom stereocenters. The zero-order valence-electron chi connectivity index (χ0n) is 8.63. The van der Waals surface area contributed by atoms with Crippen LogP contribution in [0.3, 0.4) is 0 Å². The number of aryl methyl sites for hydroxylation is 1. The van der Waals surface area contributed by atoms with E-state index in [4.69, 9.17) is 5.73 Å². The molecule has 0 aromatic carbocycles. The topological polar surface area (TPSA) is 55.1 Å². The Kier molecular flexibility index (Phi) is 5.85. The Morgan fingerprint density at radius 1 is 1.56 bits per heavy atom. The average molecular weight is 271 g/mol. The fraction of sp³-hybridized carbons (Fsp3) is 0.444. The Morgan fingerprint density at radius 2 is 2.19 bits per heavy atom. The van der Waals surface area contributed by atoms with Crippen LogP contribution in [0.4, 0.5) is 8.78 Å². The van der Waals surface area contributed by atoms with Crippen LogP contribution < -0.4 is 11.1 Å². The molecule has 1 amide bonds. The van der Waals surface area contributed by atoms with Gasteiger partial charge in [0.2, 0.25) is 0 Å². The number of thiophene rings is 1. The molecule has 7 heteroatoms. The highest BCUT2D eigenvalue weighted by molar-refractivity contribution is 7.13. The Hall–Kier alpha value is -0.720. The Labute approximate surface area is 102 Å². The molecule has 0 bridgehead atoms. The van der Waals surface area contributed by atoms with Crippen molar-refractivity contribution >= 4 is 29.7 Å². The monoisotopic (exact) mass is 270 g/mol. The SMILES string of the molecule is Cc1ccc(C(=O)NCC(F)(F)CN)s1.Cl. The first kappa shape index (κ1) is 15.3. The number of alkyl halides is 2. The van der Waals surface area contributed by atoms with E-state index in [9.17, 15) is 13.6 Å². The van der Waals surface area contributed by atoms with E-state index in [0.29, 0.717) is 4.88 Å². The van der Waals surface area contributed by atoms with Gasteiger partial charge in [-0.15, -0.1) is 23.7 Å². The van der Waals surface area contributed by atoms with E-state index >= 15 is 0 Å². The number of hydrogen-bond acceptors (Lipinski definition) is 3. The lowest BCUT2D eigenvalue weighted by molar-refractivity contribution is 0.0119. The zero-order valence-corrected chi connectivity index (χ0v) is 10.3. The maximum Gasteiger partial charge on any atom is 0.277 e. The quantitative estimate of drug-likeness (QED) is 0.877. The van der Waals surface area contributed by atoms with Gasteiger partial charge < -0.3 is 11.1 Å². The van der Waals surface area contributed by atoms with Crippen molar-refractivity contribution in [1.29, 1.82) is 0 Å². The summed E-state index contributed by atoms with van der Waals surface area (Å²) in [5.41, 5.74) is 4.84. The molecule has 0 aliphatic rings. The number of carbonyl (C=O) groups is 1. The summed E-state index contributed by atoms with van der Waals surface area (Å²) in [5.74, 6) is -3.52. The van der Waals surface area contributed by atoms with E-state index in [0.717, 1.165) is 4.88 Å². The molecule has 0 unspecified atom stereocenters. The number of nitrogens with one attached hydrogen (secondary N) is 1. The van der Waals surface area contributed by atoms with Crippen LogP contribution in [0, 0.1) is 6.92 Å². The van der Waals surface area contributed by atoms with E-state index in [1.165, 1.54) is 11.3 Å². The van der Waals surface area contributed by atoms with Gasteiger partial charge in [0.15, 0.2) is 0 Å². The first-order chi connectivity index (χ1) is 6.94. The molecule has 0 spiro atoms. The van der Waals surface area contributed by atoms with Gasteiger partial charge in [-0.25, -0.2) is 8.78 Å². The summed E-state index contributed by atoms with van der Waals surface area (Å²) in [7, 11) is 0. The summed E-state index contributed by atoms with van der Waals surface area (Å²) < 4.78 is 25.4. The zero-order chi connectivity index (χ0) is 11.5. The van der Waals surface area contributed by atoms with E-state index in [1.807, 2.05) is 6.92 Å². The van der Waals surface area contributed by atoms with Crippen molar-refractivity contribution in [2.24, 2.45) is 5.73 Å². The van der Waals surface area contributed by atoms with Crippen molar-refractivity contribution in [1.82, 2.24) is 5.32 Å². The highest BCUT2D eigenvalue weighted by Crippen LogP contribution is 2.15. The van der Waals surface area contributed by atoms with Gasteiger partial charge in [0, 0.05) is 4.88 Å². The lowest BCUT2D eigenvalue weighted by Gasteiger charge is -2.13. The summed E-state index contributed by atoms with van der Waals surface area (Å²) in [6, 6.07) is 3.37. The van der Waals surface area contributed by atoms with Crippen LogP contribution in [0.15, 0.2) is 12.1 Å². The highest BCUT2D eigenvalue weighted by atomic mass is 35.5. The second kappa shape index (κ2) is 6.12. The van der Waals surface area contributed by atoms with Gasteiger partial charge in [0.05, 0.1) is 18.0 Å². The molecule has 1 aromatic rings. The lowest BCUT2D eigenvalue weighted by atomic mass is 10.3. The molecule has 0 saturated carbocycles. The minimum atomic E-state index is -3.04. The van der Waals surface area contributed by atoms with Crippen LogP contribution >= 0.6 is 23.7 Å². The van der Waals surface area contributed by atoms with Gasteiger partial charge in [-0.1, -0.05) is 0 Å². The number of halogens is 3. The molecular weight excluding hydrogens is 258 g/mol. The summed E-state index contributed by atoms with van der Waals surface area (Å²) >= 11 is 1.27.